The van der Waals surface area contributed by atoms with Gasteiger partial charge in [-0.15, -0.1) is 0 Å². The van der Waals surface area contributed by atoms with E-state index < -0.39 is 23.9 Å². The molecular formula is C28H29F6N5O3. The van der Waals surface area contributed by atoms with E-state index >= 15 is 0 Å². The number of anilines is 3. The molecule has 0 fully saturated rings. The van der Waals surface area contributed by atoms with Crippen LogP contribution >= 0.6 is 0 Å². The van der Waals surface area contributed by atoms with E-state index in [0.717, 1.165) is 11.6 Å². The van der Waals surface area contributed by atoms with Crippen LogP contribution < -0.4 is 9.96 Å². The van der Waals surface area contributed by atoms with Crippen molar-refractivity contribution in [1.29, 1.82) is 0 Å². The summed E-state index contributed by atoms with van der Waals surface area (Å²) in [5.74, 6) is -2.80. The minimum Gasteiger partial charge on any atom is -0.377 e. The molecule has 4 rings (SSSR count). The van der Waals surface area contributed by atoms with Gasteiger partial charge < -0.3 is 14.5 Å². The van der Waals surface area contributed by atoms with Crippen molar-refractivity contribution in [2.24, 2.45) is 0 Å². The number of hydrogen-bond acceptors (Lipinski definition) is 8. The third-order valence-corrected chi connectivity index (χ3v) is 6.60. The minimum absolute atomic E-state index is 0.0110. The lowest BCUT2D eigenvalue weighted by Crippen LogP contribution is -2.34. The van der Waals surface area contributed by atoms with Gasteiger partial charge in [0.2, 0.25) is 0 Å². The average Bonchev–Trinajstić information content (AvgIpc) is 3.13. The fraction of sp³-hybridized carbons (Fsp3) is 0.429. The quantitative estimate of drug-likeness (QED) is 0.249. The van der Waals surface area contributed by atoms with E-state index in [4.69, 9.17) is 9.57 Å². The molecule has 0 amide bonds. The van der Waals surface area contributed by atoms with Crippen LogP contribution in [-0.4, -0.2) is 47.3 Å². The number of methoxy groups -OCH3 is 1. The molecule has 42 heavy (non-hydrogen) atoms. The number of hydrogen-bond donors (Lipinski definition) is 0. The Labute approximate surface area is 238 Å². The molecule has 0 radical (unpaired) electrons. The van der Waals surface area contributed by atoms with Crippen molar-refractivity contribution in [2.75, 3.05) is 30.2 Å². The normalized spacial score (nSPS) is 14.3. The number of aromatic nitrogens is 3. The Kier molecular flexibility index (Phi) is 8.67. The number of halogens is 6. The van der Waals surface area contributed by atoms with Gasteiger partial charge in [-0.3, -0.25) is 0 Å². The van der Waals surface area contributed by atoms with Gasteiger partial charge in [-0.25, -0.2) is 19.7 Å². The molecule has 1 aliphatic rings. The number of fused-ring (bicyclic) bond motifs is 1. The number of benzene rings is 1. The molecule has 0 N–H and O–H groups in total. The molecule has 0 saturated carbocycles. The summed E-state index contributed by atoms with van der Waals surface area (Å²) in [6.07, 6.45) is -8.58. The Morgan fingerprint density at radius 1 is 0.976 bits per heavy atom. The summed E-state index contributed by atoms with van der Waals surface area (Å²) in [4.78, 5) is 31.2. The van der Waals surface area contributed by atoms with E-state index in [0.29, 0.717) is 16.3 Å². The van der Waals surface area contributed by atoms with Gasteiger partial charge in [-0.2, -0.15) is 31.4 Å². The highest BCUT2D eigenvalue weighted by molar-refractivity contribution is 5.78. The molecule has 0 spiro atoms. The van der Waals surface area contributed by atoms with Crippen molar-refractivity contribution in [1.82, 2.24) is 15.0 Å². The topological polar surface area (TPSA) is 80.7 Å². The molecule has 1 aliphatic heterocycles. The predicted molar refractivity (Wildman–Crippen MR) is 141 cm³/mol. The van der Waals surface area contributed by atoms with Gasteiger partial charge in [-0.05, 0) is 41.7 Å². The molecule has 0 aliphatic carbocycles. The van der Waals surface area contributed by atoms with Crippen molar-refractivity contribution < 1.29 is 40.7 Å². The molecule has 1 aromatic carbocycles. The zero-order valence-corrected chi connectivity index (χ0v) is 23.3. The monoisotopic (exact) mass is 597 g/mol. The van der Waals surface area contributed by atoms with Gasteiger partial charge in [-0.1, -0.05) is 32.9 Å². The van der Waals surface area contributed by atoms with Crippen molar-refractivity contribution in [2.45, 2.75) is 58.0 Å². The molecule has 2 aromatic heterocycles. The second kappa shape index (κ2) is 11.7. The summed E-state index contributed by atoms with van der Waals surface area (Å²) in [7, 11) is 1.38. The van der Waals surface area contributed by atoms with Crippen LogP contribution in [-0.2, 0) is 45.4 Å². The van der Waals surface area contributed by atoms with Crippen molar-refractivity contribution in [3.05, 3.63) is 70.8 Å². The Morgan fingerprint density at radius 2 is 1.64 bits per heavy atom. The third-order valence-electron chi connectivity index (χ3n) is 6.60. The molecule has 0 atom stereocenters. The zero-order chi connectivity index (χ0) is 30.9. The number of ether oxygens (including phenoxy) is 1. The van der Waals surface area contributed by atoms with Crippen molar-refractivity contribution in [3.63, 3.8) is 0 Å². The average molecular weight is 598 g/mol. The SMILES string of the molecule is COCc1nc2c(c(N(OC(=O)C(F)(F)F)c3ccc(C(C)(C)C)cc3)n1)CCN(c1ncccc1C(F)(F)F)CC2. The number of carbonyl (C=O) groups excluding carboxylic acids is 1. The first kappa shape index (κ1) is 31.0. The Bertz CT molecular complexity index is 1420. The number of rotatable bonds is 6. The van der Waals surface area contributed by atoms with Crippen LogP contribution in [0.1, 0.15) is 49.0 Å². The summed E-state index contributed by atoms with van der Waals surface area (Å²) in [6.45, 7) is 5.86. The molecule has 8 nitrogen and oxygen atoms in total. The highest BCUT2D eigenvalue weighted by atomic mass is 19.4. The Hall–Kier alpha value is -3.94. The van der Waals surface area contributed by atoms with E-state index in [1.165, 1.54) is 36.4 Å². The molecule has 3 aromatic rings. The Morgan fingerprint density at radius 3 is 2.24 bits per heavy atom. The van der Waals surface area contributed by atoms with Crippen LogP contribution in [0.15, 0.2) is 42.6 Å². The number of alkyl halides is 6. The second-order valence-electron chi connectivity index (χ2n) is 10.6. The fourth-order valence-electron chi connectivity index (χ4n) is 4.52. The smallest absolute Gasteiger partial charge is 0.377 e. The van der Waals surface area contributed by atoms with Crippen LogP contribution in [0, 0.1) is 0 Å². The standard InChI is InChI=1S/C28H29F6N5O3/c1-26(2,3)17-7-9-18(10-8-17)39(42-25(40)28(32,33)34)23-19-11-14-38(15-12-21(19)36-22(37-23)16-41-4)24-20(27(29,30)31)6-5-13-35-24/h5-10,13H,11-12,14-16H2,1-4H3. The van der Waals surface area contributed by atoms with E-state index in [2.05, 4.69) is 15.0 Å². The number of nitrogens with zero attached hydrogens (tertiary/aromatic N) is 5. The highest BCUT2D eigenvalue weighted by Gasteiger charge is 2.44. The summed E-state index contributed by atoms with van der Waals surface area (Å²) >= 11 is 0. The van der Waals surface area contributed by atoms with E-state index in [1.807, 2.05) is 20.8 Å². The molecule has 14 heteroatoms. The van der Waals surface area contributed by atoms with Gasteiger partial charge in [0, 0.05) is 38.4 Å². The summed E-state index contributed by atoms with van der Waals surface area (Å²) in [6, 6.07) is 8.52. The van der Waals surface area contributed by atoms with E-state index in [9.17, 15) is 31.1 Å². The fourth-order valence-corrected chi connectivity index (χ4v) is 4.52. The van der Waals surface area contributed by atoms with E-state index in [-0.39, 0.29) is 61.1 Å². The van der Waals surface area contributed by atoms with Gasteiger partial charge in [0.05, 0.1) is 16.9 Å². The largest absolute Gasteiger partial charge is 0.493 e. The van der Waals surface area contributed by atoms with E-state index in [1.54, 1.807) is 12.1 Å². The van der Waals surface area contributed by atoms with Gasteiger partial charge >= 0.3 is 18.3 Å². The van der Waals surface area contributed by atoms with Crippen LogP contribution in [0.3, 0.4) is 0 Å². The molecule has 0 bridgehead atoms. The minimum atomic E-state index is -5.31. The molecule has 0 saturated heterocycles. The van der Waals surface area contributed by atoms with Crippen LogP contribution in [0.2, 0.25) is 0 Å². The first-order valence-corrected chi connectivity index (χ1v) is 12.9. The summed E-state index contributed by atoms with van der Waals surface area (Å²) in [5.41, 5.74) is 0.460. The van der Waals surface area contributed by atoms with Crippen LogP contribution in [0.4, 0.5) is 43.7 Å². The molecule has 226 valence electrons. The third kappa shape index (κ3) is 6.92. The molecule has 3 heterocycles. The van der Waals surface area contributed by atoms with Crippen LogP contribution in [0.5, 0.6) is 0 Å². The summed E-state index contributed by atoms with van der Waals surface area (Å²) in [5, 5.41) is 0.694. The zero-order valence-electron chi connectivity index (χ0n) is 23.3. The van der Waals surface area contributed by atoms with Gasteiger partial charge in [0.15, 0.2) is 11.6 Å². The second-order valence-corrected chi connectivity index (χ2v) is 10.6. The number of carbonyl (C=O) groups is 1. The molecule has 0 unspecified atom stereocenters. The van der Waals surface area contributed by atoms with Gasteiger partial charge in [0.25, 0.3) is 0 Å². The maximum atomic E-state index is 13.7. The summed E-state index contributed by atoms with van der Waals surface area (Å²) < 4.78 is 86.5. The van der Waals surface area contributed by atoms with Crippen molar-refractivity contribution >= 4 is 23.3 Å². The lowest BCUT2D eigenvalue weighted by Gasteiger charge is -2.27. The van der Waals surface area contributed by atoms with Crippen LogP contribution in [0.25, 0.3) is 0 Å². The van der Waals surface area contributed by atoms with Crippen molar-refractivity contribution in [3.8, 4) is 0 Å². The molecular weight excluding hydrogens is 568 g/mol. The lowest BCUT2D eigenvalue weighted by molar-refractivity contribution is -0.199. The Balaban J connectivity index is 1.81. The lowest BCUT2D eigenvalue weighted by atomic mass is 9.87. The van der Waals surface area contributed by atoms with Gasteiger partial charge in [0.1, 0.15) is 12.4 Å². The predicted octanol–water partition coefficient (Wildman–Crippen LogP) is 6.10. The maximum absolute atomic E-state index is 13.7. The first-order chi connectivity index (χ1) is 19.6. The first-order valence-electron chi connectivity index (χ1n) is 12.9. The maximum Gasteiger partial charge on any atom is 0.493 e. The highest BCUT2D eigenvalue weighted by Crippen LogP contribution is 2.38. The number of pyridine rings is 1.